The summed E-state index contributed by atoms with van der Waals surface area (Å²) in [5.74, 6) is -0.584. The van der Waals surface area contributed by atoms with E-state index in [0.717, 1.165) is 12.0 Å². The number of cyclic esters (lactones) is 1. The van der Waals surface area contributed by atoms with Gasteiger partial charge in [-0.15, -0.1) is 0 Å². The number of carbonyl (C=O) groups excluding carboxylic acids is 2. The number of benzene rings is 1. The van der Waals surface area contributed by atoms with Gasteiger partial charge < -0.3 is 23.1 Å². The molecule has 2 aliphatic carbocycles. The lowest BCUT2D eigenvalue weighted by Gasteiger charge is -2.54. The van der Waals surface area contributed by atoms with Crippen molar-refractivity contribution >= 4 is 30.0 Å². The van der Waals surface area contributed by atoms with E-state index >= 15 is 0 Å². The number of hydrogen-bond donors (Lipinski definition) is 0. The van der Waals surface area contributed by atoms with Crippen molar-refractivity contribution in [2.75, 3.05) is 0 Å². The minimum absolute atomic E-state index is 0.0325. The van der Waals surface area contributed by atoms with Gasteiger partial charge in [0.25, 0.3) is 0 Å². The van der Waals surface area contributed by atoms with E-state index < -0.39 is 48.0 Å². The van der Waals surface area contributed by atoms with Crippen molar-refractivity contribution in [3.8, 4) is 5.75 Å². The molecule has 280 valence electrons. The first kappa shape index (κ1) is 40.5. The van der Waals surface area contributed by atoms with E-state index in [9.17, 15) is 14.0 Å². The number of esters is 2. The summed E-state index contributed by atoms with van der Waals surface area (Å²) < 4.78 is 45.8. The highest BCUT2D eigenvalue weighted by Gasteiger charge is 2.55. The van der Waals surface area contributed by atoms with Gasteiger partial charge in [-0.05, 0) is 105 Å². The highest BCUT2D eigenvalue weighted by Crippen LogP contribution is 2.53. The van der Waals surface area contributed by atoms with Crippen LogP contribution in [0.4, 0.5) is 4.39 Å². The molecule has 2 unspecified atom stereocenters. The first-order valence-electron chi connectivity index (χ1n) is 18.8. The number of rotatable bonds is 12. The van der Waals surface area contributed by atoms with Crippen molar-refractivity contribution in [2.24, 2.45) is 34.5 Å². The minimum Gasteiger partial charge on any atom is -0.479 e. The van der Waals surface area contributed by atoms with E-state index in [4.69, 9.17) is 23.1 Å². The molecular formula is C40H63FO7Si2. The summed E-state index contributed by atoms with van der Waals surface area (Å²) in [6, 6.07) is 5.71. The molecule has 0 saturated carbocycles. The summed E-state index contributed by atoms with van der Waals surface area (Å²) in [7, 11) is -3.11. The molecule has 0 radical (unpaired) electrons. The van der Waals surface area contributed by atoms with Crippen LogP contribution in [0.1, 0.15) is 87.5 Å². The summed E-state index contributed by atoms with van der Waals surface area (Å²) in [6.45, 7) is 25.9. The van der Waals surface area contributed by atoms with Crippen LogP contribution in [-0.2, 0) is 27.9 Å². The number of fused-ring (bicyclic) bond motifs is 1. The Hall–Kier alpha value is -2.28. The van der Waals surface area contributed by atoms with Crippen LogP contribution in [0, 0.1) is 40.3 Å². The Labute approximate surface area is 304 Å². The minimum atomic E-state index is -1.64. The fraction of sp³-hybridized carbons (Fsp3) is 0.700. The van der Waals surface area contributed by atoms with Crippen LogP contribution >= 0.6 is 0 Å². The number of halogens is 1. The Morgan fingerprint density at radius 1 is 1.02 bits per heavy atom. The van der Waals surface area contributed by atoms with Gasteiger partial charge in [0.1, 0.15) is 29.9 Å². The van der Waals surface area contributed by atoms with Crippen LogP contribution in [0.15, 0.2) is 48.1 Å². The molecular weight excluding hydrogens is 668 g/mol. The zero-order valence-corrected chi connectivity index (χ0v) is 34.9. The highest BCUT2D eigenvalue weighted by atomic mass is 28.3. The Kier molecular flexibility index (Phi) is 13.1. The van der Waals surface area contributed by atoms with Crippen molar-refractivity contribution < 1.29 is 37.0 Å². The van der Waals surface area contributed by atoms with Crippen molar-refractivity contribution in [1.29, 1.82) is 0 Å². The molecule has 1 aromatic carbocycles. The molecule has 3 aliphatic rings. The van der Waals surface area contributed by atoms with E-state index in [1.807, 2.05) is 6.92 Å². The van der Waals surface area contributed by atoms with Crippen LogP contribution < -0.4 is 4.74 Å². The molecule has 10 heteroatoms. The molecule has 0 spiro atoms. The lowest BCUT2D eigenvalue weighted by atomic mass is 9.59. The van der Waals surface area contributed by atoms with Gasteiger partial charge in [0.2, 0.25) is 0 Å². The first-order chi connectivity index (χ1) is 23.2. The van der Waals surface area contributed by atoms with E-state index in [-0.39, 0.29) is 52.4 Å². The van der Waals surface area contributed by atoms with Gasteiger partial charge in [-0.1, -0.05) is 73.6 Å². The first-order valence-corrected chi connectivity index (χ1v) is 24.4. The lowest BCUT2D eigenvalue weighted by molar-refractivity contribution is -0.180. The molecule has 9 atom stereocenters. The van der Waals surface area contributed by atoms with Gasteiger partial charge >= 0.3 is 11.9 Å². The molecule has 1 fully saturated rings. The highest BCUT2D eigenvalue weighted by molar-refractivity contribution is 6.49. The maximum absolute atomic E-state index is 14.0. The zero-order valence-electron chi connectivity index (χ0n) is 32.6. The summed E-state index contributed by atoms with van der Waals surface area (Å²) in [6.07, 6.45) is 7.83. The van der Waals surface area contributed by atoms with Crippen molar-refractivity contribution in [2.45, 2.75) is 144 Å². The number of allylic oxidation sites excluding steroid dienone is 2. The molecule has 0 amide bonds. The van der Waals surface area contributed by atoms with Gasteiger partial charge in [0.15, 0.2) is 24.2 Å². The normalized spacial score (nSPS) is 30.8. The third-order valence-corrected chi connectivity index (χ3v) is 12.6. The fourth-order valence-corrected chi connectivity index (χ4v) is 10.4. The monoisotopic (exact) mass is 730 g/mol. The Bertz CT molecular complexity index is 1380. The predicted octanol–water partition coefficient (Wildman–Crippen LogP) is 8.57. The van der Waals surface area contributed by atoms with E-state index in [0.29, 0.717) is 31.4 Å². The second-order valence-corrected chi connectivity index (χ2v) is 22.2. The quantitative estimate of drug-likeness (QED) is 0.158. The molecule has 50 heavy (non-hydrogen) atoms. The summed E-state index contributed by atoms with van der Waals surface area (Å²) in [4.78, 5) is 27.5. The van der Waals surface area contributed by atoms with Crippen molar-refractivity contribution in [3.05, 3.63) is 53.9 Å². The third-order valence-electron chi connectivity index (χ3n) is 10.8. The molecule has 1 aliphatic heterocycles. The third kappa shape index (κ3) is 9.58. The Morgan fingerprint density at radius 2 is 1.68 bits per heavy atom. The van der Waals surface area contributed by atoms with Gasteiger partial charge in [0, 0.05) is 17.8 Å². The number of hydrogen-bond acceptors (Lipinski definition) is 7. The molecule has 4 rings (SSSR count). The molecule has 1 heterocycles. The van der Waals surface area contributed by atoms with Crippen LogP contribution in [-0.4, -0.2) is 60.0 Å². The number of carbonyl (C=O) groups is 2. The average Bonchev–Trinajstić information content (AvgIpc) is 3.00. The van der Waals surface area contributed by atoms with Crippen molar-refractivity contribution in [3.63, 3.8) is 0 Å². The molecule has 0 N–H and O–H groups in total. The van der Waals surface area contributed by atoms with Gasteiger partial charge in [-0.3, -0.25) is 0 Å². The summed E-state index contributed by atoms with van der Waals surface area (Å²) >= 11 is 0. The molecule has 7 nitrogen and oxygen atoms in total. The van der Waals surface area contributed by atoms with Crippen LogP contribution in [0.2, 0.25) is 26.2 Å². The number of ether oxygens (including phenoxy) is 3. The topological polar surface area (TPSA) is 80.3 Å². The maximum Gasteiger partial charge on any atom is 0.347 e. The SMILES string of the molecule is CCC(Oc1ccc(F)cc1)C(=O)O[C@H]1C[C@H](C(C)(C)C)C=C2C=C[C@H](C)[C@](CC[C@@H]3C[C@H](C(C)(C)C)C(O[SiH](C)C)C(=O)O3)(O[SiH](C)C)[C@H]21. The Balaban J connectivity index is 1.68. The van der Waals surface area contributed by atoms with Crippen LogP contribution in [0.5, 0.6) is 5.75 Å². The van der Waals surface area contributed by atoms with E-state index in [1.165, 1.54) is 24.3 Å². The van der Waals surface area contributed by atoms with Gasteiger partial charge in [-0.25, -0.2) is 14.0 Å². The van der Waals surface area contributed by atoms with E-state index in [2.05, 4.69) is 92.9 Å². The largest absolute Gasteiger partial charge is 0.479 e. The molecule has 0 aromatic heterocycles. The zero-order chi connectivity index (χ0) is 37.2. The maximum atomic E-state index is 14.0. The molecule has 0 bridgehead atoms. The van der Waals surface area contributed by atoms with Crippen LogP contribution in [0.25, 0.3) is 0 Å². The molecule has 1 saturated heterocycles. The smallest absolute Gasteiger partial charge is 0.347 e. The average molecular weight is 731 g/mol. The van der Waals surface area contributed by atoms with E-state index in [1.54, 1.807) is 0 Å². The Morgan fingerprint density at radius 3 is 2.24 bits per heavy atom. The van der Waals surface area contributed by atoms with Crippen molar-refractivity contribution in [1.82, 2.24) is 0 Å². The molecule has 1 aromatic rings. The van der Waals surface area contributed by atoms with Gasteiger partial charge in [0.05, 0.1) is 5.60 Å². The second kappa shape index (κ2) is 16.2. The summed E-state index contributed by atoms with van der Waals surface area (Å²) in [5.41, 5.74) is 0.298. The second-order valence-electron chi connectivity index (χ2n) is 17.5. The lowest BCUT2D eigenvalue weighted by Crippen LogP contribution is -2.58. The fourth-order valence-electron chi connectivity index (χ4n) is 8.11. The van der Waals surface area contributed by atoms with Gasteiger partial charge in [-0.2, -0.15) is 0 Å². The standard InChI is InChI=1S/C40H63FO7Si2/c1-13-32(44-29-18-16-28(41)17-19-29)36(42)46-33-23-27(38(3,4)5)22-26-15-14-25(2)40(34(26)33,48-50(11)12)21-20-30-24-31(39(6,7)8)35(37(43)45-30)47-49(9)10/h14-19,22,25,27,30-35,49-50H,13,20-21,23-24H2,1-12H3/t25-,27+,30+,31-,32?,33-,34+,35?,40-/m0/s1. The predicted molar refractivity (Wildman–Crippen MR) is 202 cm³/mol. The summed E-state index contributed by atoms with van der Waals surface area (Å²) in [5, 5.41) is 0. The van der Waals surface area contributed by atoms with Crippen LogP contribution in [0.3, 0.4) is 0 Å².